The number of amides is 2. The van der Waals surface area contributed by atoms with Crippen LogP contribution in [0.3, 0.4) is 0 Å². The lowest BCUT2D eigenvalue weighted by atomic mass is 10.2. The van der Waals surface area contributed by atoms with Crippen molar-refractivity contribution >= 4 is 17.5 Å². The molecule has 0 spiro atoms. The number of nitrogens with two attached hydrogens (primary N) is 1. The average Bonchev–Trinajstić information content (AvgIpc) is 2.64. The first kappa shape index (κ1) is 16.0. The predicted molar refractivity (Wildman–Crippen MR) is 77.3 cm³/mol. The molecule has 0 aromatic carbocycles. The largest absolute Gasteiger partial charge is 0.395 e. The van der Waals surface area contributed by atoms with Crippen molar-refractivity contribution in [3.63, 3.8) is 0 Å². The van der Waals surface area contributed by atoms with Crippen molar-refractivity contribution in [3.8, 4) is 0 Å². The van der Waals surface area contributed by atoms with Crippen LogP contribution in [0.4, 0.5) is 5.69 Å². The summed E-state index contributed by atoms with van der Waals surface area (Å²) in [6.07, 6.45) is 0.239. The molecule has 0 radical (unpaired) electrons. The average molecular weight is 281 g/mol. The Morgan fingerprint density at radius 1 is 1.40 bits per heavy atom. The minimum absolute atomic E-state index is 0.0894. The number of nitrogens with zero attached hydrogens (tertiary/aromatic N) is 2. The number of rotatable bonds is 6. The van der Waals surface area contributed by atoms with Crippen LogP contribution in [0, 0.1) is 6.92 Å². The molecule has 0 aliphatic heterocycles. The lowest BCUT2D eigenvalue weighted by Crippen LogP contribution is -2.34. The van der Waals surface area contributed by atoms with E-state index in [1.807, 2.05) is 20.8 Å². The molecule has 20 heavy (non-hydrogen) atoms. The van der Waals surface area contributed by atoms with Gasteiger partial charge in [-0.25, -0.2) is 0 Å². The summed E-state index contributed by atoms with van der Waals surface area (Å²) in [6.45, 7) is 8.26. The van der Waals surface area contributed by atoms with Gasteiger partial charge in [0.1, 0.15) is 5.69 Å². The number of hydrogen-bond donors (Lipinski definition) is 3. The summed E-state index contributed by atoms with van der Waals surface area (Å²) in [5.74, 6) is -0.393. The minimum Gasteiger partial charge on any atom is -0.395 e. The van der Waals surface area contributed by atoms with Gasteiger partial charge in [0.05, 0.1) is 11.4 Å². The van der Waals surface area contributed by atoms with Crippen LogP contribution in [0.15, 0.2) is 0 Å². The molecule has 2 amide bonds. The second kappa shape index (κ2) is 6.93. The van der Waals surface area contributed by atoms with Gasteiger partial charge >= 0.3 is 0 Å². The second-order valence-corrected chi connectivity index (χ2v) is 4.89. The van der Waals surface area contributed by atoms with Crippen LogP contribution in [0.5, 0.6) is 0 Å². The van der Waals surface area contributed by atoms with Gasteiger partial charge in [-0.15, -0.1) is 0 Å². The number of carbonyl (C=O) groups is 2. The number of hydrogen-bond acceptors (Lipinski definition) is 4. The van der Waals surface area contributed by atoms with Crippen molar-refractivity contribution in [3.05, 3.63) is 11.4 Å². The standard InChI is InChI=1S/C13H23N5O2/c1-5-18-12(11(14)9(4)17-18)13(20)15-7-6-10(19)16-8(2)3/h8H,5-7,14H2,1-4H3,(H,15,20)(H,16,19). The molecule has 0 unspecified atom stereocenters. The summed E-state index contributed by atoms with van der Waals surface area (Å²) in [6, 6.07) is 0.0954. The zero-order valence-electron chi connectivity index (χ0n) is 12.5. The number of nitrogens with one attached hydrogen (secondary N) is 2. The summed E-state index contributed by atoms with van der Waals surface area (Å²) in [5, 5.41) is 9.64. The first-order valence-corrected chi connectivity index (χ1v) is 6.77. The maximum atomic E-state index is 12.1. The third-order valence-electron chi connectivity index (χ3n) is 2.78. The third-order valence-corrected chi connectivity index (χ3v) is 2.78. The van der Waals surface area contributed by atoms with E-state index in [1.165, 1.54) is 0 Å². The molecule has 1 rings (SSSR count). The quantitative estimate of drug-likeness (QED) is 0.704. The van der Waals surface area contributed by atoms with Crippen LogP contribution in [0.2, 0.25) is 0 Å². The zero-order chi connectivity index (χ0) is 15.3. The zero-order valence-corrected chi connectivity index (χ0v) is 12.5. The van der Waals surface area contributed by atoms with Gasteiger partial charge in [0, 0.05) is 25.6 Å². The van der Waals surface area contributed by atoms with E-state index >= 15 is 0 Å². The van der Waals surface area contributed by atoms with Gasteiger partial charge in [0.15, 0.2) is 0 Å². The van der Waals surface area contributed by atoms with E-state index in [-0.39, 0.29) is 30.8 Å². The molecule has 1 aromatic rings. The van der Waals surface area contributed by atoms with Crippen LogP contribution in [-0.4, -0.2) is 34.2 Å². The molecule has 0 atom stereocenters. The lowest BCUT2D eigenvalue weighted by molar-refractivity contribution is -0.121. The first-order valence-electron chi connectivity index (χ1n) is 6.77. The van der Waals surface area contributed by atoms with Crippen molar-refractivity contribution in [1.82, 2.24) is 20.4 Å². The van der Waals surface area contributed by atoms with Crippen molar-refractivity contribution in [1.29, 1.82) is 0 Å². The lowest BCUT2D eigenvalue weighted by Gasteiger charge is -2.09. The van der Waals surface area contributed by atoms with Crippen molar-refractivity contribution in [2.24, 2.45) is 0 Å². The van der Waals surface area contributed by atoms with Crippen molar-refractivity contribution < 1.29 is 9.59 Å². The van der Waals surface area contributed by atoms with Crippen LogP contribution >= 0.6 is 0 Å². The van der Waals surface area contributed by atoms with E-state index in [0.717, 1.165) is 0 Å². The Morgan fingerprint density at radius 2 is 2.05 bits per heavy atom. The molecule has 4 N–H and O–H groups in total. The van der Waals surface area contributed by atoms with Crippen LogP contribution in [0.25, 0.3) is 0 Å². The topological polar surface area (TPSA) is 102 Å². The molecule has 0 saturated carbocycles. The highest BCUT2D eigenvalue weighted by atomic mass is 16.2. The van der Waals surface area contributed by atoms with E-state index in [2.05, 4.69) is 15.7 Å². The molecule has 1 aromatic heterocycles. The Kier molecular flexibility index (Phi) is 5.54. The molecule has 1 heterocycles. The number of anilines is 1. The number of carbonyl (C=O) groups excluding carboxylic acids is 2. The number of nitrogen functional groups attached to an aromatic ring is 1. The SMILES string of the molecule is CCn1nc(C)c(N)c1C(=O)NCCC(=O)NC(C)C. The molecule has 0 aliphatic carbocycles. The number of aryl methyl sites for hydroxylation is 2. The van der Waals surface area contributed by atoms with Crippen LogP contribution in [-0.2, 0) is 11.3 Å². The summed E-state index contributed by atoms with van der Waals surface area (Å²) >= 11 is 0. The van der Waals surface area contributed by atoms with Gasteiger partial charge < -0.3 is 16.4 Å². The van der Waals surface area contributed by atoms with Gasteiger partial charge in [-0.2, -0.15) is 5.10 Å². The molecular formula is C13H23N5O2. The minimum atomic E-state index is -0.303. The Bertz CT molecular complexity index is 493. The van der Waals surface area contributed by atoms with Crippen molar-refractivity contribution in [2.45, 2.75) is 46.7 Å². The molecule has 0 aliphatic rings. The highest BCUT2D eigenvalue weighted by Crippen LogP contribution is 2.15. The third kappa shape index (κ3) is 3.97. The van der Waals surface area contributed by atoms with Crippen LogP contribution < -0.4 is 16.4 Å². The highest BCUT2D eigenvalue weighted by molar-refractivity contribution is 5.98. The first-order chi connectivity index (χ1) is 9.36. The normalized spacial score (nSPS) is 10.7. The highest BCUT2D eigenvalue weighted by Gasteiger charge is 2.18. The predicted octanol–water partition coefficient (Wildman–Crippen LogP) is 0.438. The van der Waals surface area contributed by atoms with Crippen molar-refractivity contribution in [2.75, 3.05) is 12.3 Å². The molecule has 7 nitrogen and oxygen atoms in total. The fraction of sp³-hybridized carbons (Fsp3) is 0.615. The summed E-state index contributed by atoms with van der Waals surface area (Å²) in [4.78, 5) is 23.5. The molecule has 112 valence electrons. The molecule has 0 saturated heterocycles. The van der Waals surface area contributed by atoms with Gasteiger partial charge in [0.25, 0.3) is 5.91 Å². The summed E-state index contributed by atoms with van der Waals surface area (Å²) in [5.41, 5.74) is 7.23. The van der Waals surface area contributed by atoms with Gasteiger partial charge in [0.2, 0.25) is 5.91 Å². The van der Waals surface area contributed by atoms with E-state index in [0.29, 0.717) is 23.6 Å². The Morgan fingerprint density at radius 3 is 2.60 bits per heavy atom. The van der Waals surface area contributed by atoms with E-state index < -0.39 is 0 Å². The Labute approximate surface area is 118 Å². The smallest absolute Gasteiger partial charge is 0.271 e. The van der Waals surface area contributed by atoms with Gasteiger partial charge in [-0.05, 0) is 27.7 Å². The van der Waals surface area contributed by atoms with Gasteiger partial charge in [-0.3, -0.25) is 14.3 Å². The fourth-order valence-corrected chi connectivity index (χ4v) is 1.83. The van der Waals surface area contributed by atoms with E-state index in [1.54, 1.807) is 11.6 Å². The fourth-order valence-electron chi connectivity index (χ4n) is 1.83. The molecular weight excluding hydrogens is 258 g/mol. The number of aromatic nitrogens is 2. The van der Waals surface area contributed by atoms with E-state index in [9.17, 15) is 9.59 Å². The van der Waals surface area contributed by atoms with E-state index in [4.69, 9.17) is 5.73 Å². The molecule has 0 fully saturated rings. The second-order valence-electron chi connectivity index (χ2n) is 4.89. The van der Waals surface area contributed by atoms with Crippen LogP contribution in [0.1, 0.15) is 43.4 Å². The Hall–Kier alpha value is -2.05. The summed E-state index contributed by atoms with van der Waals surface area (Å²) in [7, 11) is 0. The maximum Gasteiger partial charge on any atom is 0.271 e. The summed E-state index contributed by atoms with van der Waals surface area (Å²) < 4.78 is 1.56. The molecule has 0 bridgehead atoms. The Balaban J connectivity index is 2.58. The monoisotopic (exact) mass is 281 g/mol. The van der Waals surface area contributed by atoms with Gasteiger partial charge in [-0.1, -0.05) is 0 Å². The molecule has 7 heteroatoms. The maximum absolute atomic E-state index is 12.1.